The Balaban J connectivity index is 2.12. The van der Waals surface area contributed by atoms with Gasteiger partial charge in [-0.05, 0) is 32.4 Å². The zero-order valence-electron chi connectivity index (χ0n) is 9.15. The van der Waals surface area contributed by atoms with Gasteiger partial charge in [0.1, 0.15) is 0 Å². The SMILES string of the molecule is CN1CCCN(C2CCNCC2)S1(=O)=O. The van der Waals surface area contributed by atoms with Crippen molar-refractivity contribution in [2.45, 2.75) is 25.3 Å². The summed E-state index contributed by atoms with van der Waals surface area (Å²) in [5.74, 6) is 0. The standard InChI is InChI=1S/C9H19N3O2S/c1-11-7-2-8-12(15(11,13)14)9-3-5-10-6-4-9/h9-10H,2-8H2,1H3. The zero-order valence-corrected chi connectivity index (χ0v) is 9.96. The molecule has 0 radical (unpaired) electrons. The first-order valence-corrected chi connectivity index (χ1v) is 6.96. The molecule has 15 heavy (non-hydrogen) atoms. The van der Waals surface area contributed by atoms with Crippen molar-refractivity contribution < 1.29 is 8.42 Å². The Hall–Kier alpha value is -0.170. The van der Waals surface area contributed by atoms with Crippen molar-refractivity contribution in [3.63, 3.8) is 0 Å². The molecule has 0 spiro atoms. The zero-order chi connectivity index (χ0) is 10.9. The summed E-state index contributed by atoms with van der Waals surface area (Å²) >= 11 is 0. The van der Waals surface area contributed by atoms with E-state index in [0.717, 1.165) is 32.4 Å². The van der Waals surface area contributed by atoms with Gasteiger partial charge in [0.05, 0.1) is 0 Å². The van der Waals surface area contributed by atoms with Crippen LogP contribution >= 0.6 is 0 Å². The van der Waals surface area contributed by atoms with Crippen molar-refractivity contribution in [3.8, 4) is 0 Å². The van der Waals surface area contributed by atoms with Crippen molar-refractivity contribution in [1.82, 2.24) is 13.9 Å². The van der Waals surface area contributed by atoms with Crippen molar-refractivity contribution >= 4 is 10.2 Å². The molecule has 2 aliphatic rings. The molecule has 88 valence electrons. The van der Waals surface area contributed by atoms with Crippen LogP contribution < -0.4 is 5.32 Å². The van der Waals surface area contributed by atoms with E-state index in [4.69, 9.17) is 0 Å². The van der Waals surface area contributed by atoms with Crippen molar-refractivity contribution in [2.24, 2.45) is 0 Å². The number of hydrogen-bond donors (Lipinski definition) is 1. The van der Waals surface area contributed by atoms with Gasteiger partial charge in [0, 0.05) is 26.2 Å². The van der Waals surface area contributed by atoms with Crippen LogP contribution in [0.15, 0.2) is 0 Å². The van der Waals surface area contributed by atoms with Gasteiger partial charge in [0.2, 0.25) is 0 Å². The van der Waals surface area contributed by atoms with E-state index in [1.165, 1.54) is 4.31 Å². The van der Waals surface area contributed by atoms with Gasteiger partial charge < -0.3 is 5.32 Å². The monoisotopic (exact) mass is 233 g/mol. The maximum Gasteiger partial charge on any atom is 0.281 e. The lowest BCUT2D eigenvalue weighted by atomic mass is 10.1. The fourth-order valence-corrected chi connectivity index (χ4v) is 3.99. The smallest absolute Gasteiger partial charge is 0.281 e. The average Bonchev–Trinajstić information content (AvgIpc) is 2.23. The molecular formula is C9H19N3O2S. The third kappa shape index (κ3) is 2.18. The maximum absolute atomic E-state index is 12.0. The molecule has 2 heterocycles. The molecule has 2 rings (SSSR count). The van der Waals surface area contributed by atoms with Crippen LogP contribution in [0.4, 0.5) is 0 Å². The first kappa shape index (κ1) is 11.3. The number of rotatable bonds is 1. The predicted molar refractivity (Wildman–Crippen MR) is 58.8 cm³/mol. The first-order valence-electron chi connectivity index (χ1n) is 5.56. The van der Waals surface area contributed by atoms with Crippen molar-refractivity contribution in [2.75, 3.05) is 33.2 Å². The van der Waals surface area contributed by atoms with Crippen LogP contribution in [0.2, 0.25) is 0 Å². The number of piperidine rings is 1. The summed E-state index contributed by atoms with van der Waals surface area (Å²) in [6, 6.07) is 0.207. The summed E-state index contributed by atoms with van der Waals surface area (Å²) < 4.78 is 27.2. The maximum atomic E-state index is 12.0. The Morgan fingerprint density at radius 1 is 1.20 bits per heavy atom. The summed E-state index contributed by atoms with van der Waals surface area (Å²) in [6.07, 6.45) is 2.82. The van der Waals surface area contributed by atoms with Gasteiger partial charge in [-0.25, -0.2) is 0 Å². The largest absolute Gasteiger partial charge is 0.317 e. The summed E-state index contributed by atoms with van der Waals surface area (Å²) in [6.45, 7) is 3.21. The molecule has 0 aromatic heterocycles. The average molecular weight is 233 g/mol. The first-order chi connectivity index (χ1) is 7.12. The Morgan fingerprint density at radius 2 is 1.87 bits per heavy atom. The molecule has 2 aliphatic heterocycles. The van der Waals surface area contributed by atoms with Gasteiger partial charge in [-0.2, -0.15) is 17.0 Å². The normalized spacial score (nSPS) is 30.5. The molecule has 5 nitrogen and oxygen atoms in total. The number of nitrogens with one attached hydrogen (secondary N) is 1. The highest BCUT2D eigenvalue weighted by molar-refractivity contribution is 7.86. The molecule has 6 heteroatoms. The molecular weight excluding hydrogens is 214 g/mol. The van der Waals surface area contributed by atoms with Crippen LogP contribution in [0.1, 0.15) is 19.3 Å². The highest BCUT2D eigenvalue weighted by Gasteiger charge is 2.36. The van der Waals surface area contributed by atoms with Crippen LogP contribution in [0, 0.1) is 0 Å². The van der Waals surface area contributed by atoms with Gasteiger partial charge in [-0.15, -0.1) is 0 Å². The molecule has 0 aliphatic carbocycles. The second kappa shape index (κ2) is 4.37. The minimum Gasteiger partial charge on any atom is -0.317 e. The molecule has 2 fully saturated rings. The molecule has 0 amide bonds. The van der Waals surface area contributed by atoms with Crippen LogP contribution in [-0.2, 0) is 10.2 Å². The molecule has 0 aromatic carbocycles. The number of nitrogens with zero attached hydrogens (tertiary/aromatic N) is 2. The summed E-state index contributed by atoms with van der Waals surface area (Å²) in [5, 5.41) is 3.26. The highest BCUT2D eigenvalue weighted by Crippen LogP contribution is 2.21. The van der Waals surface area contributed by atoms with E-state index in [1.807, 2.05) is 0 Å². The second-order valence-electron chi connectivity index (χ2n) is 4.27. The Labute approximate surface area is 91.6 Å². The van der Waals surface area contributed by atoms with Gasteiger partial charge in [0.25, 0.3) is 10.2 Å². The van der Waals surface area contributed by atoms with Gasteiger partial charge >= 0.3 is 0 Å². The van der Waals surface area contributed by atoms with Crippen LogP contribution in [0.3, 0.4) is 0 Å². The lowest BCUT2D eigenvalue weighted by Crippen LogP contribution is -2.54. The summed E-state index contributed by atoms with van der Waals surface area (Å²) in [4.78, 5) is 0. The quantitative estimate of drug-likeness (QED) is 0.672. The molecule has 0 bridgehead atoms. The van der Waals surface area contributed by atoms with E-state index in [-0.39, 0.29) is 6.04 Å². The topological polar surface area (TPSA) is 52.6 Å². The van der Waals surface area contributed by atoms with E-state index in [0.29, 0.717) is 13.1 Å². The Morgan fingerprint density at radius 3 is 2.53 bits per heavy atom. The minimum atomic E-state index is -3.16. The summed E-state index contributed by atoms with van der Waals surface area (Å²) in [5.41, 5.74) is 0. The molecule has 0 saturated carbocycles. The predicted octanol–water partition coefficient (Wildman–Crippen LogP) is -0.379. The van der Waals surface area contributed by atoms with Crippen molar-refractivity contribution in [3.05, 3.63) is 0 Å². The fraction of sp³-hybridized carbons (Fsp3) is 1.00. The van der Waals surface area contributed by atoms with E-state index in [1.54, 1.807) is 11.4 Å². The molecule has 0 atom stereocenters. The fourth-order valence-electron chi connectivity index (χ4n) is 2.32. The van der Waals surface area contributed by atoms with Crippen LogP contribution in [0.5, 0.6) is 0 Å². The molecule has 0 aromatic rings. The third-order valence-corrected chi connectivity index (χ3v) is 5.30. The highest BCUT2D eigenvalue weighted by atomic mass is 32.2. The van der Waals surface area contributed by atoms with Crippen molar-refractivity contribution in [1.29, 1.82) is 0 Å². The second-order valence-corrected chi connectivity index (χ2v) is 6.26. The van der Waals surface area contributed by atoms with Gasteiger partial charge in [0.15, 0.2) is 0 Å². The van der Waals surface area contributed by atoms with E-state index >= 15 is 0 Å². The van der Waals surface area contributed by atoms with E-state index in [9.17, 15) is 8.42 Å². The Bertz CT molecular complexity index is 311. The summed E-state index contributed by atoms with van der Waals surface area (Å²) in [7, 11) is -1.49. The van der Waals surface area contributed by atoms with Crippen LogP contribution in [0.25, 0.3) is 0 Å². The molecule has 0 unspecified atom stereocenters. The Kier molecular flexibility index (Phi) is 3.30. The molecule has 1 N–H and O–H groups in total. The lowest BCUT2D eigenvalue weighted by Gasteiger charge is -2.39. The van der Waals surface area contributed by atoms with Crippen LogP contribution in [-0.4, -0.2) is 56.3 Å². The van der Waals surface area contributed by atoms with E-state index < -0.39 is 10.2 Å². The lowest BCUT2D eigenvalue weighted by molar-refractivity contribution is 0.219. The minimum absolute atomic E-state index is 0.207. The number of hydrogen-bond acceptors (Lipinski definition) is 3. The van der Waals surface area contributed by atoms with Gasteiger partial charge in [-0.3, -0.25) is 0 Å². The van der Waals surface area contributed by atoms with E-state index in [2.05, 4.69) is 5.32 Å². The third-order valence-electron chi connectivity index (χ3n) is 3.26. The van der Waals surface area contributed by atoms with Gasteiger partial charge in [-0.1, -0.05) is 0 Å². The molecule has 2 saturated heterocycles.